The summed E-state index contributed by atoms with van der Waals surface area (Å²) in [6, 6.07) is 5.98. The third kappa shape index (κ3) is 5.02. The number of amides is 2. The number of nitrogens with zero attached hydrogens (tertiary/aromatic N) is 2. The molecule has 2 rings (SSSR count). The molecular weight excluding hydrogens is 342 g/mol. The fourth-order valence-corrected chi connectivity index (χ4v) is 4.08. The molecule has 1 aliphatic rings. The third-order valence-corrected chi connectivity index (χ3v) is 6.16. The Balaban J connectivity index is 1.98. The van der Waals surface area contributed by atoms with Crippen molar-refractivity contribution in [1.82, 2.24) is 14.5 Å². The van der Waals surface area contributed by atoms with Gasteiger partial charge in [-0.1, -0.05) is 19.8 Å². The minimum Gasteiger partial charge on any atom is -0.352 e. The molecule has 0 unspecified atom stereocenters. The zero-order valence-electron chi connectivity index (χ0n) is 14.5. The van der Waals surface area contributed by atoms with Gasteiger partial charge in [-0.15, -0.1) is 0 Å². The van der Waals surface area contributed by atoms with Crippen molar-refractivity contribution >= 4 is 22.3 Å². The van der Waals surface area contributed by atoms with E-state index in [1.807, 2.05) is 0 Å². The molecule has 1 heterocycles. The van der Waals surface area contributed by atoms with Crippen molar-refractivity contribution in [2.24, 2.45) is 0 Å². The average molecular weight is 367 g/mol. The Morgan fingerprint density at radius 1 is 1.12 bits per heavy atom. The summed E-state index contributed by atoms with van der Waals surface area (Å²) < 4.78 is 26.6. The van der Waals surface area contributed by atoms with E-state index < -0.39 is 10.0 Å². The van der Waals surface area contributed by atoms with Gasteiger partial charge in [0.1, 0.15) is 0 Å². The molecule has 0 atom stereocenters. The predicted molar refractivity (Wildman–Crippen MR) is 94.7 cm³/mol. The number of carbonyl (C=O) groups excluding carboxylic acids is 2. The molecule has 0 aromatic heterocycles. The predicted octanol–water partition coefficient (Wildman–Crippen LogP) is 1.07. The highest BCUT2D eigenvalue weighted by atomic mass is 32.2. The number of carbonyl (C=O) groups is 2. The summed E-state index contributed by atoms with van der Waals surface area (Å²) in [4.78, 5) is 24.5. The smallest absolute Gasteiger partial charge is 0.251 e. The number of sulfonamides is 1. The van der Waals surface area contributed by atoms with Gasteiger partial charge in [0, 0.05) is 38.3 Å². The lowest BCUT2D eigenvalue weighted by Gasteiger charge is -2.31. The average Bonchev–Trinajstić information content (AvgIpc) is 2.65. The Bertz CT molecular complexity index is 680. The third-order valence-electron chi connectivity index (χ3n) is 4.24. The van der Waals surface area contributed by atoms with Gasteiger partial charge >= 0.3 is 0 Å². The highest BCUT2D eigenvalue weighted by Gasteiger charge is 2.28. The molecule has 2 amide bonds. The molecule has 138 valence electrons. The summed E-state index contributed by atoms with van der Waals surface area (Å²) in [7, 11) is -3.60. The van der Waals surface area contributed by atoms with E-state index in [9.17, 15) is 18.0 Å². The molecule has 1 fully saturated rings. The largest absolute Gasteiger partial charge is 0.352 e. The van der Waals surface area contributed by atoms with Crippen molar-refractivity contribution in [3.8, 4) is 0 Å². The summed E-state index contributed by atoms with van der Waals surface area (Å²) in [5.74, 6) is -0.195. The molecule has 0 saturated carbocycles. The van der Waals surface area contributed by atoms with Gasteiger partial charge < -0.3 is 10.2 Å². The lowest BCUT2D eigenvalue weighted by atomic mass is 10.2. The van der Waals surface area contributed by atoms with Crippen molar-refractivity contribution in [2.45, 2.75) is 31.1 Å². The molecule has 0 aliphatic carbocycles. The van der Waals surface area contributed by atoms with Gasteiger partial charge in [-0.3, -0.25) is 9.59 Å². The normalized spacial score (nSPS) is 15.8. The topological polar surface area (TPSA) is 86.8 Å². The fourth-order valence-electron chi connectivity index (χ4n) is 2.66. The van der Waals surface area contributed by atoms with Crippen LogP contribution in [0.1, 0.15) is 36.5 Å². The number of piperazine rings is 1. The van der Waals surface area contributed by atoms with E-state index in [0.717, 1.165) is 25.7 Å². The van der Waals surface area contributed by atoms with Gasteiger partial charge in [0.2, 0.25) is 16.4 Å². The van der Waals surface area contributed by atoms with E-state index in [4.69, 9.17) is 0 Å². The van der Waals surface area contributed by atoms with E-state index in [2.05, 4.69) is 12.2 Å². The number of hydrogen-bond donors (Lipinski definition) is 1. The Morgan fingerprint density at radius 2 is 1.76 bits per heavy atom. The number of nitrogens with one attached hydrogen (secondary N) is 1. The van der Waals surface area contributed by atoms with Crippen LogP contribution in [0.5, 0.6) is 0 Å². The standard InChI is InChI=1S/C17H25N3O4S/c1-2-3-4-9-18-17(22)15-5-7-16(8-6-15)25(23,24)20-12-10-19(14-21)11-13-20/h5-8,14H,2-4,9-13H2,1H3,(H,18,22). The van der Waals surface area contributed by atoms with Crippen molar-refractivity contribution in [3.63, 3.8) is 0 Å². The van der Waals surface area contributed by atoms with Gasteiger partial charge in [0.05, 0.1) is 4.90 Å². The van der Waals surface area contributed by atoms with Crippen LogP contribution in [0.4, 0.5) is 0 Å². The first-order valence-corrected chi connectivity index (χ1v) is 10.0. The van der Waals surface area contributed by atoms with Crippen LogP contribution in [0.15, 0.2) is 29.2 Å². The van der Waals surface area contributed by atoms with Crippen LogP contribution >= 0.6 is 0 Å². The highest BCUT2D eigenvalue weighted by molar-refractivity contribution is 7.89. The molecule has 1 saturated heterocycles. The van der Waals surface area contributed by atoms with Gasteiger partial charge in [-0.05, 0) is 30.7 Å². The van der Waals surface area contributed by atoms with Crippen molar-refractivity contribution in [2.75, 3.05) is 32.7 Å². The van der Waals surface area contributed by atoms with Crippen LogP contribution in [0.2, 0.25) is 0 Å². The Labute approximate surface area is 149 Å². The van der Waals surface area contributed by atoms with E-state index in [0.29, 0.717) is 25.2 Å². The molecule has 0 radical (unpaired) electrons. The maximum absolute atomic E-state index is 12.6. The first-order valence-electron chi connectivity index (χ1n) is 8.56. The van der Waals surface area contributed by atoms with Gasteiger partial charge in [-0.25, -0.2) is 8.42 Å². The second kappa shape index (κ2) is 8.96. The van der Waals surface area contributed by atoms with E-state index in [1.165, 1.54) is 28.6 Å². The summed E-state index contributed by atoms with van der Waals surface area (Å²) in [5, 5.41) is 2.83. The SMILES string of the molecule is CCCCCNC(=O)c1ccc(S(=O)(=O)N2CCN(C=O)CC2)cc1. The summed E-state index contributed by atoms with van der Waals surface area (Å²) in [6.07, 6.45) is 3.82. The minimum atomic E-state index is -3.60. The second-order valence-electron chi connectivity index (χ2n) is 6.03. The first kappa shape index (κ1) is 19.4. The van der Waals surface area contributed by atoms with Crippen LogP contribution < -0.4 is 5.32 Å². The molecule has 1 aromatic rings. The molecule has 25 heavy (non-hydrogen) atoms. The zero-order chi connectivity index (χ0) is 18.3. The monoisotopic (exact) mass is 367 g/mol. The number of hydrogen-bond acceptors (Lipinski definition) is 4. The van der Waals surface area contributed by atoms with Gasteiger partial charge in [0.15, 0.2) is 0 Å². The van der Waals surface area contributed by atoms with Crippen LogP contribution in [0.25, 0.3) is 0 Å². The lowest BCUT2D eigenvalue weighted by Crippen LogP contribution is -2.47. The van der Waals surface area contributed by atoms with Crippen molar-refractivity contribution in [3.05, 3.63) is 29.8 Å². The number of unbranched alkanes of at least 4 members (excludes halogenated alkanes) is 2. The quantitative estimate of drug-likeness (QED) is 0.550. The number of rotatable bonds is 8. The van der Waals surface area contributed by atoms with E-state index >= 15 is 0 Å². The van der Waals surface area contributed by atoms with Crippen LogP contribution in [-0.4, -0.2) is 62.7 Å². The Hall–Kier alpha value is -1.93. The van der Waals surface area contributed by atoms with Crippen molar-refractivity contribution < 1.29 is 18.0 Å². The fraction of sp³-hybridized carbons (Fsp3) is 0.529. The lowest BCUT2D eigenvalue weighted by molar-refractivity contribution is -0.119. The van der Waals surface area contributed by atoms with Gasteiger partial charge in [0.25, 0.3) is 5.91 Å². The number of benzene rings is 1. The maximum Gasteiger partial charge on any atom is 0.251 e. The second-order valence-corrected chi connectivity index (χ2v) is 7.97. The molecule has 8 heteroatoms. The first-order chi connectivity index (χ1) is 12.0. The molecule has 1 N–H and O–H groups in total. The van der Waals surface area contributed by atoms with Crippen LogP contribution in [-0.2, 0) is 14.8 Å². The molecule has 0 spiro atoms. The van der Waals surface area contributed by atoms with E-state index in [1.54, 1.807) is 4.90 Å². The Kier molecular flexibility index (Phi) is 6.95. The summed E-state index contributed by atoms with van der Waals surface area (Å²) >= 11 is 0. The molecule has 1 aromatic carbocycles. The molecule has 0 bridgehead atoms. The van der Waals surface area contributed by atoms with Crippen molar-refractivity contribution in [1.29, 1.82) is 0 Å². The van der Waals surface area contributed by atoms with Gasteiger partial charge in [-0.2, -0.15) is 4.31 Å². The zero-order valence-corrected chi connectivity index (χ0v) is 15.3. The summed E-state index contributed by atoms with van der Waals surface area (Å²) in [5.41, 5.74) is 0.446. The van der Waals surface area contributed by atoms with Crippen LogP contribution in [0, 0.1) is 0 Å². The maximum atomic E-state index is 12.6. The molecule has 7 nitrogen and oxygen atoms in total. The van der Waals surface area contributed by atoms with E-state index in [-0.39, 0.29) is 23.9 Å². The minimum absolute atomic E-state index is 0.162. The Morgan fingerprint density at radius 3 is 2.32 bits per heavy atom. The summed E-state index contributed by atoms with van der Waals surface area (Å²) in [6.45, 7) is 4.05. The molecule has 1 aliphatic heterocycles. The highest BCUT2D eigenvalue weighted by Crippen LogP contribution is 2.18. The van der Waals surface area contributed by atoms with Crippen LogP contribution in [0.3, 0.4) is 0 Å². The molecular formula is C17H25N3O4S.